The lowest BCUT2D eigenvalue weighted by molar-refractivity contribution is 0.972. The van der Waals surface area contributed by atoms with Gasteiger partial charge in [-0.05, 0) is 31.0 Å². The zero-order valence-electron chi connectivity index (χ0n) is 14.5. The van der Waals surface area contributed by atoms with Crippen LogP contribution in [0.4, 0.5) is 0 Å². The first-order valence-corrected chi connectivity index (χ1v) is 8.35. The lowest BCUT2D eigenvalue weighted by Crippen LogP contribution is -2.13. The Kier molecular flexibility index (Phi) is 4.80. The number of allylic oxidation sites excluding steroid dienone is 5. The molecular weight excluding hydrogens is 310 g/mol. The van der Waals surface area contributed by atoms with E-state index < -0.39 is 0 Å². The van der Waals surface area contributed by atoms with E-state index >= 15 is 0 Å². The lowest BCUT2D eigenvalue weighted by Gasteiger charge is -2.05. The molecule has 0 amide bonds. The molecule has 2 N–H and O–H groups in total. The number of nitrogens with one attached hydrogen (secondary N) is 2. The van der Waals surface area contributed by atoms with Crippen molar-refractivity contribution < 1.29 is 0 Å². The lowest BCUT2D eigenvalue weighted by atomic mass is 10.0. The molecule has 0 aliphatic rings. The molecule has 126 valence electrons. The minimum absolute atomic E-state index is 0.205. The van der Waals surface area contributed by atoms with E-state index in [2.05, 4.69) is 34.8 Å². The van der Waals surface area contributed by atoms with E-state index in [1.165, 1.54) is 0 Å². The van der Waals surface area contributed by atoms with Gasteiger partial charge >= 0.3 is 0 Å². The molecule has 0 saturated carbocycles. The number of aromatic amines is 2. The summed E-state index contributed by atoms with van der Waals surface area (Å²) in [5.74, 6) is 0. The molecule has 0 fully saturated rings. The molecule has 4 heteroatoms. The van der Waals surface area contributed by atoms with Gasteiger partial charge in [0.25, 0.3) is 5.56 Å². The number of para-hydroxylation sites is 1. The average molecular weight is 331 g/mol. The van der Waals surface area contributed by atoms with Crippen molar-refractivity contribution in [1.29, 1.82) is 0 Å². The van der Waals surface area contributed by atoms with Gasteiger partial charge in [0.1, 0.15) is 0 Å². The Labute approximate surface area is 146 Å². The average Bonchev–Trinajstić information content (AvgIpc) is 3.00. The molecular formula is C21H21N3O. The summed E-state index contributed by atoms with van der Waals surface area (Å²) in [5, 5.41) is 7.96. The van der Waals surface area contributed by atoms with Crippen LogP contribution >= 0.6 is 0 Å². The number of aromatic nitrogens is 3. The molecule has 0 bridgehead atoms. The molecule has 0 atom stereocenters. The molecule has 1 aromatic carbocycles. The number of hydrogen-bond donors (Lipinski definition) is 2. The largest absolute Gasteiger partial charge is 0.354 e. The van der Waals surface area contributed by atoms with Crippen LogP contribution in [0.3, 0.4) is 0 Å². The fourth-order valence-electron chi connectivity index (χ4n) is 3.07. The van der Waals surface area contributed by atoms with E-state index in [4.69, 9.17) is 0 Å². The van der Waals surface area contributed by atoms with E-state index in [9.17, 15) is 4.79 Å². The van der Waals surface area contributed by atoms with E-state index in [1.807, 2.05) is 49.4 Å². The third kappa shape index (κ3) is 3.11. The summed E-state index contributed by atoms with van der Waals surface area (Å²) in [6.45, 7) is 7.78. The number of nitrogens with zero attached hydrogens (tertiary/aromatic N) is 1. The quantitative estimate of drug-likeness (QED) is 0.670. The molecule has 25 heavy (non-hydrogen) atoms. The first-order chi connectivity index (χ1) is 12.2. The Balaban J connectivity index is 2.25. The van der Waals surface area contributed by atoms with Crippen molar-refractivity contribution in [2.24, 2.45) is 0 Å². The van der Waals surface area contributed by atoms with Crippen LogP contribution in [0, 0.1) is 0 Å². The fourth-order valence-corrected chi connectivity index (χ4v) is 3.07. The van der Waals surface area contributed by atoms with Gasteiger partial charge in [0.05, 0.1) is 17.0 Å². The number of hydrogen-bond acceptors (Lipinski definition) is 2. The minimum Gasteiger partial charge on any atom is -0.354 e. The highest BCUT2D eigenvalue weighted by Crippen LogP contribution is 2.29. The van der Waals surface area contributed by atoms with Crippen molar-refractivity contribution in [3.8, 4) is 11.3 Å². The van der Waals surface area contributed by atoms with Crippen LogP contribution in [-0.4, -0.2) is 15.2 Å². The maximum Gasteiger partial charge on any atom is 0.273 e. The van der Waals surface area contributed by atoms with E-state index in [-0.39, 0.29) is 5.56 Å². The van der Waals surface area contributed by atoms with Crippen molar-refractivity contribution in [2.75, 3.05) is 0 Å². The second kappa shape index (κ2) is 7.18. The molecule has 0 unspecified atom stereocenters. The van der Waals surface area contributed by atoms with Gasteiger partial charge in [-0.2, -0.15) is 5.10 Å². The van der Waals surface area contributed by atoms with Crippen molar-refractivity contribution >= 4 is 16.5 Å². The van der Waals surface area contributed by atoms with Gasteiger partial charge in [-0.25, -0.2) is 5.10 Å². The standard InChI is InChI=1S/C21H21N3O/c1-4-9-14(10-5-2)19-13-17(21(25)24-23-19)20-15(6-3)16-11-7-8-12-18(16)22-20/h4-5,7-13,22H,1,6H2,2-3H3,(H,24,25)/b10-5-,14-9+. The van der Waals surface area contributed by atoms with Crippen LogP contribution in [-0.2, 0) is 6.42 Å². The van der Waals surface area contributed by atoms with Gasteiger partial charge in [-0.1, -0.05) is 56.0 Å². The highest BCUT2D eigenvalue weighted by atomic mass is 16.1. The predicted molar refractivity (Wildman–Crippen MR) is 105 cm³/mol. The number of benzene rings is 1. The molecule has 3 rings (SSSR count). The first kappa shape index (κ1) is 16.7. The van der Waals surface area contributed by atoms with E-state index in [0.29, 0.717) is 11.3 Å². The topological polar surface area (TPSA) is 61.5 Å². The minimum atomic E-state index is -0.205. The molecule has 2 aromatic heterocycles. The summed E-state index contributed by atoms with van der Waals surface area (Å²) >= 11 is 0. The second-order valence-electron chi connectivity index (χ2n) is 5.73. The highest BCUT2D eigenvalue weighted by Gasteiger charge is 2.15. The smallest absolute Gasteiger partial charge is 0.273 e. The molecule has 3 aromatic rings. The van der Waals surface area contributed by atoms with Crippen LogP contribution in [0.1, 0.15) is 25.1 Å². The summed E-state index contributed by atoms with van der Waals surface area (Å²) in [6.07, 6.45) is 8.29. The first-order valence-electron chi connectivity index (χ1n) is 8.35. The Morgan fingerprint density at radius 3 is 2.84 bits per heavy atom. The molecule has 0 spiro atoms. The summed E-state index contributed by atoms with van der Waals surface area (Å²) < 4.78 is 0. The number of fused-ring (bicyclic) bond motifs is 1. The third-order valence-corrected chi connectivity index (χ3v) is 4.18. The van der Waals surface area contributed by atoms with Gasteiger partial charge in [-0.15, -0.1) is 0 Å². The van der Waals surface area contributed by atoms with Gasteiger partial charge in [0.15, 0.2) is 0 Å². The Morgan fingerprint density at radius 1 is 1.32 bits per heavy atom. The summed E-state index contributed by atoms with van der Waals surface area (Å²) in [7, 11) is 0. The second-order valence-corrected chi connectivity index (χ2v) is 5.73. The van der Waals surface area contributed by atoms with Gasteiger partial charge in [0, 0.05) is 16.5 Å². The third-order valence-electron chi connectivity index (χ3n) is 4.18. The zero-order valence-corrected chi connectivity index (χ0v) is 14.5. The van der Waals surface area contributed by atoms with Crippen molar-refractivity contribution in [3.05, 3.63) is 82.8 Å². The Morgan fingerprint density at radius 2 is 2.12 bits per heavy atom. The molecule has 0 radical (unpaired) electrons. The SMILES string of the molecule is C=C/C=C(\C=C/C)c1cc(-c2[nH]c3ccccc3c2CC)c(=O)[nH]n1. The van der Waals surface area contributed by atoms with Crippen LogP contribution in [0.15, 0.2) is 66.0 Å². The van der Waals surface area contributed by atoms with Crippen LogP contribution < -0.4 is 5.56 Å². The maximum atomic E-state index is 12.5. The molecule has 0 aliphatic heterocycles. The van der Waals surface area contributed by atoms with Crippen LogP contribution in [0.25, 0.3) is 27.7 Å². The predicted octanol–water partition coefficient (Wildman–Crippen LogP) is 4.63. The summed E-state index contributed by atoms with van der Waals surface area (Å²) in [5.41, 5.74) is 5.01. The number of H-pyrrole nitrogens is 2. The van der Waals surface area contributed by atoms with Gasteiger partial charge < -0.3 is 4.98 Å². The highest BCUT2D eigenvalue weighted by molar-refractivity contribution is 5.91. The molecule has 2 heterocycles. The van der Waals surface area contributed by atoms with Gasteiger partial charge in [-0.3, -0.25) is 4.79 Å². The molecule has 0 aliphatic carbocycles. The van der Waals surface area contributed by atoms with Crippen molar-refractivity contribution in [3.63, 3.8) is 0 Å². The van der Waals surface area contributed by atoms with Crippen LogP contribution in [0.5, 0.6) is 0 Å². The molecule has 4 nitrogen and oxygen atoms in total. The fraction of sp³-hybridized carbons (Fsp3) is 0.143. The van der Waals surface area contributed by atoms with Crippen molar-refractivity contribution in [2.45, 2.75) is 20.3 Å². The number of aryl methyl sites for hydroxylation is 1. The monoisotopic (exact) mass is 331 g/mol. The van der Waals surface area contributed by atoms with Gasteiger partial charge in [0.2, 0.25) is 0 Å². The summed E-state index contributed by atoms with van der Waals surface area (Å²) in [6, 6.07) is 9.93. The maximum absolute atomic E-state index is 12.5. The Bertz CT molecular complexity index is 1030. The van der Waals surface area contributed by atoms with E-state index in [1.54, 1.807) is 6.08 Å². The Hall–Kier alpha value is -3.14. The normalized spacial score (nSPS) is 12.2. The number of rotatable bonds is 5. The van der Waals surface area contributed by atoms with E-state index in [0.717, 1.165) is 34.2 Å². The van der Waals surface area contributed by atoms with Crippen molar-refractivity contribution in [1.82, 2.24) is 15.2 Å². The molecule has 0 saturated heterocycles. The van der Waals surface area contributed by atoms with Crippen LogP contribution in [0.2, 0.25) is 0 Å². The summed E-state index contributed by atoms with van der Waals surface area (Å²) in [4.78, 5) is 15.9. The zero-order chi connectivity index (χ0) is 17.8.